The third-order valence-corrected chi connectivity index (χ3v) is 3.64. The molecular weight excluding hydrogens is 332 g/mol. The number of anilines is 1. The number of nitrogens with one attached hydrogen (secondary N) is 1. The van der Waals surface area contributed by atoms with Gasteiger partial charge in [0.05, 0.1) is 22.7 Å². The first-order valence-corrected chi connectivity index (χ1v) is 7.34. The topological polar surface area (TPSA) is 120 Å². The predicted molar refractivity (Wildman–Crippen MR) is 90.7 cm³/mol. The van der Waals surface area contributed by atoms with Crippen LogP contribution in [0.2, 0.25) is 5.02 Å². The molecule has 122 valence electrons. The van der Waals surface area contributed by atoms with Crippen molar-refractivity contribution in [3.05, 3.63) is 52.5 Å². The van der Waals surface area contributed by atoms with Gasteiger partial charge in [-0.25, -0.2) is 9.79 Å². The summed E-state index contributed by atoms with van der Waals surface area (Å²) in [7, 11) is 0. The van der Waals surface area contributed by atoms with Crippen LogP contribution in [0, 0.1) is 0 Å². The summed E-state index contributed by atoms with van der Waals surface area (Å²) >= 11 is 6.10. The molecule has 0 bridgehead atoms. The van der Waals surface area contributed by atoms with Gasteiger partial charge in [-0.05, 0) is 42.0 Å². The third-order valence-electron chi connectivity index (χ3n) is 3.35. The maximum absolute atomic E-state index is 12.2. The average molecular weight is 345 g/mol. The fourth-order valence-electron chi connectivity index (χ4n) is 2.28. The molecule has 0 saturated carbocycles. The van der Waals surface area contributed by atoms with E-state index in [9.17, 15) is 9.59 Å². The quantitative estimate of drug-likeness (QED) is 0.340. The van der Waals surface area contributed by atoms with Gasteiger partial charge in [-0.1, -0.05) is 11.6 Å². The molecule has 7 nitrogen and oxygen atoms in total. The van der Waals surface area contributed by atoms with Crippen LogP contribution in [-0.4, -0.2) is 17.8 Å². The first-order valence-electron chi connectivity index (χ1n) is 6.96. The lowest BCUT2D eigenvalue weighted by Gasteiger charge is -2.08. The second-order valence-corrected chi connectivity index (χ2v) is 5.54. The Morgan fingerprint density at radius 2 is 1.92 bits per heavy atom. The molecule has 1 amide bonds. The first-order chi connectivity index (χ1) is 11.4. The summed E-state index contributed by atoms with van der Waals surface area (Å²) in [4.78, 5) is 27.5. The van der Waals surface area contributed by atoms with Crippen LogP contribution in [0.4, 0.5) is 11.4 Å². The number of esters is 1. The first kappa shape index (κ1) is 15.8. The number of ether oxygens (including phenoxy) is 1. The van der Waals surface area contributed by atoms with Crippen LogP contribution in [0.5, 0.6) is 5.75 Å². The Kier molecular flexibility index (Phi) is 4.09. The van der Waals surface area contributed by atoms with E-state index in [1.807, 2.05) is 0 Å². The molecule has 0 aliphatic carbocycles. The smallest absolute Gasteiger partial charge is 0.343 e. The number of aliphatic imine (C=N–C) groups is 1. The molecule has 0 atom stereocenters. The molecule has 0 unspecified atom stereocenters. The van der Waals surface area contributed by atoms with E-state index in [2.05, 4.69) is 10.3 Å². The number of amides is 1. The average Bonchev–Trinajstić information content (AvgIpc) is 2.86. The molecule has 5 N–H and O–H groups in total. The summed E-state index contributed by atoms with van der Waals surface area (Å²) in [5.74, 6) is -0.575. The predicted octanol–water partition coefficient (Wildman–Crippen LogP) is 1.96. The van der Waals surface area contributed by atoms with Crippen molar-refractivity contribution in [1.82, 2.24) is 0 Å². The van der Waals surface area contributed by atoms with Crippen LogP contribution in [0.3, 0.4) is 0 Å². The molecular formula is C16H13ClN4O3. The molecule has 3 rings (SSSR count). The van der Waals surface area contributed by atoms with E-state index in [1.54, 1.807) is 24.3 Å². The van der Waals surface area contributed by atoms with E-state index in [1.165, 1.54) is 12.1 Å². The zero-order valence-electron chi connectivity index (χ0n) is 12.4. The highest BCUT2D eigenvalue weighted by atomic mass is 35.5. The van der Waals surface area contributed by atoms with Crippen molar-refractivity contribution in [3.8, 4) is 5.75 Å². The van der Waals surface area contributed by atoms with Gasteiger partial charge < -0.3 is 21.5 Å². The van der Waals surface area contributed by atoms with Gasteiger partial charge in [-0.2, -0.15) is 0 Å². The van der Waals surface area contributed by atoms with Crippen LogP contribution in [0.15, 0.2) is 41.4 Å². The molecule has 0 spiro atoms. The monoisotopic (exact) mass is 344 g/mol. The van der Waals surface area contributed by atoms with Gasteiger partial charge in [-0.3, -0.25) is 4.79 Å². The lowest BCUT2D eigenvalue weighted by molar-refractivity contribution is -0.115. The highest BCUT2D eigenvalue weighted by Gasteiger charge is 2.21. The van der Waals surface area contributed by atoms with Crippen molar-refractivity contribution in [1.29, 1.82) is 0 Å². The summed E-state index contributed by atoms with van der Waals surface area (Å²) in [6.45, 7) is 0. The van der Waals surface area contributed by atoms with Crippen molar-refractivity contribution >= 4 is 40.8 Å². The highest BCUT2D eigenvalue weighted by Crippen LogP contribution is 2.34. The number of carbonyl (C=O) groups excluding carboxylic acids is 2. The van der Waals surface area contributed by atoms with Gasteiger partial charge in [0.15, 0.2) is 5.96 Å². The number of hydrogen-bond donors (Lipinski definition) is 3. The van der Waals surface area contributed by atoms with Crippen molar-refractivity contribution < 1.29 is 14.3 Å². The number of nitrogens with two attached hydrogens (primary N) is 2. The van der Waals surface area contributed by atoms with Crippen LogP contribution in [0.1, 0.15) is 15.9 Å². The molecule has 0 saturated heterocycles. The maximum Gasteiger partial charge on any atom is 0.343 e. The summed E-state index contributed by atoms with van der Waals surface area (Å²) < 4.78 is 5.32. The minimum atomic E-state index is -0.578. The van der Waals surface area contributed by atoms with Gasteiger partial charge in [0.1, 0.15) is 5.75 Å². The number of benzene rings is 2. The van der Waals surface area contributed by atoms with Crippen LogP contribution in [0.25, 0.3) is 0 Å². The van der Waals surface area contributed by atoms with Crippen molar-refractivity contribution in [2.24, 2.45) is 16.5 Å². The minimum Gasteiger partial charge on any atom is -0.421 e. The van der Waals surface area contributed by atoms with Gasteiger partial charge in [0.25, 0.3) is 0 Å². The molecule has 0 fully saturated rings. The molecule has 0 radical (unpaired) electrons. The van der Waals surface area contributed by atoms with Gasteiger partial charge >= 0.3 is 5.97 Å². The van der Waals surface area contributed by atoms with E-state index >= 15 is 0 Å². The van der Waals surface area contributed by atoms with Crippen molar-refractivity contribution in [2.45, 2.75) is 6.42 Å². The number of rotatable bonds is 3. The fraction of sp³-hybridized carbons (Fsp3) is 0.0625. The molecule has 1 aliphatic heterocycles. The Morgan fingerprint density at radius 3 is 2.58 bits per heavy atom. The normalized spacial score (nSPS) is 12.3. The molecule has 2 aromatic carbocycles. The molecule has 1 aliphatic rings. The molecule has 8 heteroatoms. The Labute approximate surface area is 142 Å². The van der Waals surface area contributed by atoms with Gasteiger partial charge in [-0.15, -0.1) is 0 Å². The zero-order valence-corrected chi connectivity index (χ0v) is 13.1. The van der Waals surface area contributed by atoms with E-state index in [-0.39, 0.29) is 29.1 Å². The van der Waals surface area contributed by atoms with E-state index < -0.39 is 5.97 Å². The van der Waals surface area contributed by atoms with E-state index in [0.717, 1.165) is 5.56 Å². The van der Waals surface area contributed by atoms with Gasteiger partial charge in [0.2, 0.25) is 5.91 Å². The zero-order chi connectivity index (χ0) is 17.3. The molecule has 1 heterocycles. The summed E-state index contributed by atoms with van der Waals surface area (Å²) in [6.07, 6.45) is 0.226. The number of nitrogens with zero attached hydrogens (tertiary/aromatic N) is 1. The molecule has 0 aromatic heterocycles. The maximum atomic E-state index is 12.2. The Bertz CT molecular complexity index is 858. The van der Waals surface area contributed by atoms with Gasteiger partial charge in [0, 0.05) is 5.69 Å². The van der Waals surface area contributed by atoms with E-state index in [0.29, 0.717) is 16.9 Å². The number of hydrogen-bond acceptors (Lipinski definition) is 4. The molecule has 2 aromatic rings. The van der Waals surface area contributed by atoms with Crippen molar-refractivity contribution in [2.75, 3.05) is 5.32 Å². The SMILES string of the molecule is NC(N)=Nc1ccc(C(=O)Oc2cc3c(cc2Cl)NC(=O)C3)cc1. The number of halogens is 1. The van der Waals surface area contributed by atoms with E-state index in [4.69, 9.17) is 27.8 Å². The van der Waals surface area contributed by atoms with Crippen LogP contribution in [-0.2, 0) is 11.2 Å². The summed E-state index contributed by atoms with van der Waals surface area (Å²) in [5, 5.41) is 2.91. The Balaban J connectivity index is 1.79. The highest BCUT2D eigenvalue weighted by molar-refractivity contribution is 6.32. The Morgan fingerprint density at radius 1 is 1.21 bits per heavy atom. The Hall–Kier alpha value is -3.06. The third kappa shape index (κ3) is 3.31. The lowest BCUT2D eigenvalue weighted by Crippen LogP contribution is -2.21. The summed E-state index contributed by atoms with van der Waals surface area (Å²) in [6, 6.07) is 9.40. The second kappa shape index (κ2) is 6.21. The fourth-order valence-corrected chi connectivity index (χ4v) is 2.49. The van der Waals surface area contributed by atoms with Crippen LogP contribution >= 0.6 is 11.6 Å². The minimum absolute atomic E-state index is 0.0709. The molecule has 24 heavy (non-hydrogen) atoms. The number of carbonyl (C=O) groups is 2. The standard InChI is InChI=1S/C16H13ClN4O3/c17-11-7-12-9(6-14(22)21-12)5-13(11)24-15(23)8-1-3-10(4-2-8)20-16(18)19/h1-5,7H,6H2,(H,21,22)(H4,18,19,20). The van der Waals surface area contributed by atoms with Crippen molar-refractivity contribution in [3.63, 3.8) is 0 Å². The second-order valence-electron chi connectivity index (χ2n) is 5.14. The number of guanidine groups is 1. The largest absolute Gasteiger partial charge is 0.421 e. The summed E-state index contributed by atoms with van der Waals surface area (Å²) in [5.41, 5.74) is 12.8. The number of fused-ring (bicyclic) bond motifs is 1. The van der Waals surface area contributed by atoms with Crippen LogP contribution < -0.4 is 21.5 Å². The lowest BCUT2D eigenvalue weighted by atomic mass is 10.1.